The zero-order valence-electron chi connectivity index (χ0n) is 42.5. The number of allylic oxidation sites excluding steroid dienone is 14. The highest BCUT2D eigenvalue weighted by atomic mass is 16.6. The number of hydrogen-bond donors (Lipinski definition) is 0. The van der Waals surface area contributed by atoms with Gasteiger partial charge in [-0.15, -0.1) is 0 Å². The van der Waals surface area contributed by atoms with Crippen LogP contribution in [0.3, 0.4) is 0 Å². The van der Waals surface area contributed by atoms with E-state index < -0.39 is 6.10 Å². The van der Waals surface area contributed by atoms with Gasteiger partial charge in [-0.05, 0) is 57.8 Å². The molecular weight excluding hydrogens is 805 g/mol. The second-order valence-corrected chi connectivity index (χ2v) is 17.9. The van der Waals surface area contributed by atoms with Crippen LogP contribution in [0.2, 0.25) is 0 Å². The van der Waals surface area contributed by atoms with Gasteiger partial charge in [-0.2, -0.15) is 0 Å². The van der Waals surface area contributed by atoms with Gasteiger partial charge in [-0.25, -0.2) is 0 Å². The van der Waals surface area contributed by atoms with Gasteiger partial charge in [0.25, 0.3) is 0 Å². The van der Waals surface area contributed by atoms with E-state index in [0.29, 0.717) is 19.3 Å². The molecule has 0 aliphatic heterocycles. The first-order valence-electron chi connectivity index (χ1n) is 27.2. The molecule has 0 fully saturated rings. The molecule has 0 spiro atoms. The van der Waals surface area contributed by atoms with Gasteiger partial charge >= 0.3 is 17.9 Å². The Morgan fingerprint density at radius 2 is 0.615 bits per heavy atom. The quantitative estimate of drug-likeness (QED) is 0.0262. The lowest BCUT2D eigenvalue weighted by Gasteiger charge is -2.18. The second-order valence-electron chi connectivity index (χ2n) is 17.9. The van der Waals surface area contributed by atoms with Crippen molar-refractivity contribution in [3.63, 3.8) is 0 Å². The van der Waals surface area contributed by atoms with Crippen LogP contribution in [0.4, 0.5) is 0 Å². The monoisotopic (exact) mass is 905 g/mol. The molecule has 0 saturated carbocycles. The Morgan fingerprint density at radius 1 is 0.323 bits per heavy atom. The van der Waals surface area contributed by atoms with Gasteiger partial charge in [-0.3, -0.25) is 14.4 Å². The molecule has 0 bridgehead atoms. The van der Waals surface area contributed by atoms with Gasteiger partial charge < -0.3 is 14.2 Å². The zero-order chi connectivity index (χ0) is 47.2. The van der Waals surface area contributed by atoms with E-state index in [1.807, 2.05) is 54.7 Å². The molecule has 0 heterocycles. The van der Waals surface area contributed by atoms with Crippen molar-refractivity contribution in [2.75, 3.05) is 13.2 Å². The van der Waals surface area contributed by atoms with E-state index in [4.69, 9.17) is 14.2 Å². The molecule has 0 radical (unpaired) electrons. The van der Waals surface area contributed by atoms with Crippen LogP contribution in [0, 0.1) is 0 Å². The molecular formula is C59H100O6. The van der Waals surface area contributed by atoms with Gasteiger partial charge in [-0.1, -0.05) is 260 Å². The summed E-state index contributed by atoms with van der Waals surface area (Å²) in [5.74, 6) is -0.975. The molecule has 6 heteroatoms. The van der Waals surface area contributed by atoms with E-state index in [2.05, 4.69) is 51.2 Å². The van der Waals surface area contributed by atoms with Crippen LogP contribution in [0.5, 0.6) is 0 Å². The van der Waals surface area contributed by atoms with Crippen molar-refractivity contribution in [3.05, 3.63) is 85.1 Å². The smallest absolute Gasteiger partial charge is 0.306 e. The number of hydrogen-bond acceptors (Lipinski definition) is 6. The van der Waals surface area contributed by atoms with Crippen LogP contribution in [0.1, 0.15) is 252 Å². The van der Waals surface area contributed by atoms with Crippen molar-refractivity contribution in [1.29, 1.82) is 0 Å². The normalized spacial score (nSPS) is 12.7. The molecule has 0 aromatic carbocycles. The minimum absolute atomic E-state index is 0.0993. The fourth-order valence-corrected chi connectivity index (χ4v) is 7.46. The van der Waals surface area contributed by atoms with E-state index >= 15 is 0 Å². The van der Waals surface area contributed by atoms with Gasteiger partial charge in [0.05, 0.1) is 0 Å². The molecule has 65 heavy (non-hydrogen) atoms. The summed E-state index contributed by atoms with van der Waals surface area (Å²) in [6, 6.07) is 0. The fraction of sp³-hybridized carbons (Fsp3) is 0.712. The van der Waals surface area contributed by atoms with Gasteiger partial charge in [0.1, 0.15) is 13.2 Å². The predicted molar refractivity (Wildman–Crippen MR) is 279 cm³/mol. The van der Waals surface area contributed by atoms with E-state index in [-0.39, 0.29) is 37.5 Å². The lowest BCUT2D eigenvalue weighted by atomic mass is 10.0. The summed E-state index contributed by atoms with van der Waals surface area (Å²) < 4.78 is 16.8. The van der Waals surface area contributed by atoms with Crippen LogP contribution in [0.25, 0.3) is 0 Å². The molecule has 0 aromatic heterocycles. The van der Waals surface area contributed by atoms with Crippen LogP contribution >= 0.6 is 0 Å². The van der Waals surface area contributed by atoms with Crippen molar-refractivity contribution in [3.8, 4) is 0 Å². The van der Waals surface area contributed by atoms with Crippen LogP contribution in [-0.2, 0) is 28.6 Å². The molecule has 1 atom stereocenters. The maximum atomic E-state index is 12.8. The number of esters is 3. The summed E-state index contributed by atoms with van der Waals surface area (Å²) in [4.78, 5) is 38.0. The molecule has 0 aromatic rings. The molecule has 0 aliphatic rings. The second kappa shape index (κ2) is 53.2. The molecule has 0 amide bonds. The highest BCUT2D eigenvalue weighted by Crippen LogP contribution is 2.16. The fourth-order valence-electron chi connectivity index (χ4n) is 7.46. The van der Waals surface area contributed by atoms with E-state index in [1.54, 1.807) is 0 Å². The summed E-state index contributed by atoms with van der Waals surface area (Å²) in [7, 11) is 0. The number of ether oxygens (including phenoxy) is 3. The lowest BCUT2D eigenvalue weighted by Crippen LogP contribution is -2.30. The average molecular weight is 905 g/mol. The Labute approximate surface area is 401 Å². The van der Waals surface area contributed by atoms with E-state index in [0.717, 1.165) is 51.4 Å². The summed E-state index contributed by atoms with van der Waals surface area (Å²) in [6.45, 7) is 6.41. The first-order chi connectivity index (χ1) is 32.0. The Morgan fingerprint density at radius 3 is 1.05 bits per heavy atom. The molecule has 0 rings (SSSR count). The molecule has 0 saturated heterocycles. The third kappa shape index (κ3) is 51.4. The molecule has 372 valence electrons. The summed E-state index contributed by atoms with van der Waals surface area (Å²) in [5.41, 5.74) is 0. The maximum absolute atomic E-state index is 12.8. The number of rotatable bonds is 48. The Bertz CT molecular complexity index is 1270. The maximum Gasteiger partial charge on any atom is 0.306 e. The summed E-state index contributed by atoms with van der Waals surface area (Å²) in [5, 5.41) is 0. The van der Waals surface area contributed by atoms with Crippen molar-refractivity contribution < 1.29 is 28.6 Å². The first kappa shape index (κ1) is 61.6. The van der Waals surface area contributed by atoms with Gasteiger partial charge in [0.15, 0.2) is 6.10 Å². The third-order valence-electron chi connectivity index (χ3n) is 11.5. The van der Waals surface area contributed by atoms with Crippen molar-refractivity contribution in [1.82, 2.24) is 0 Å². The van der Waals surface area contributed by atoms with E-state index in [9.17, 15) is 14.4 Å². The third-order valence-corrected chi connectivity index (χ3v) is 11.5. The molecule has 0 N–H and O–H groups in total. The number of unbranched alkanes of at least 4 members (excludes halogenated alkanes) is 28. The average Bonchev–Trinajstić information content (AvgIpc) is 3.30. The standard InChI is InChI=1S/C59H100O6/c1-4-7-10-13-16-19-22-25-27-28-29-30-32-34-37-40-43-46-49-52-58(61)64-55-56(54-63-57(60)51-48-45-42-39-36-33-24-21-18-15-12-9-6-3)65-59(62)53-50-47-44-41-38-35-31-26-23-20-17-14-11-8-5-2/h9,12,15-16,18-19,21-22,24-25,33,36,39,42,56H,4-8,10-11,13-14,17,20,23,26-32,34-35,37-38,40-41,43-55H2,1-3H3/b12-9-,18-15-,19-16-,24-21-,25-22-,36-33-,42-39-. The molecule has 0 aliphatic carbocycles. The van der Waals surface area contributed by atoms with Crippen LogP contribution < -0.4 is 0 Å². The first-order valence-corrected chi connectivity index (χ1v) is 27.2. The van der Waals surface area contributed by atoms with Crippen molar-refractivity contribution in [2.24, 2.45) is 0 Å². The minimum atomic E-state index is -0.805. The Hall–Kier alpha value is -3.41. The van der Waals surface area contributed by atoms with Gasteiger partial charge in [0.2, 0.25) is 0 Å². The van der Waals surface area contributed by atoms with E-state index in [1.165, 1.54) is 154 Å². The predicted octanol–water partition coefficient (Wildman–Crippen LogP) is 18.0. The number of carbonyl (C=O) groups is 3. The largest absolute Gasteiger partial charge is 0.462 e. The molecule has 1 unspecified atom stereocenters. The highest BCUT2D eigenvalue weighted by Gasteiger charge is 2.19. The van der Waals surface area contributed by atoms with Crippen LogP contribution in [-0.4, -0.2) is 37.2 Å². The van der Waals surface area contributed by atoms with Crippen LogP contribution in [0.15, 0.2) is 85.1 Å². The number of carbonyl (C=O) groups excluding carboxylic acids is 3. The Balaban J connectivity index is 4.43. The highest BCUT2D eigenvalue weighted by molar-refractivity contribution is 5.71. The zero-order valence-corrected chi connectivity index (χ0v) is 42.5. The summed E-state index contributed by atoms with van der Waals surface area (Å²) >= 11 is 0. The van der Waals surface area contributed by atoms with Gasteiger partial charge in [0, 0.05) is 19.3 Å². The lowest BCUT2D eigenvalue weighted by molar-refractivity contribution is -0.167. The Kier molecular flexibility index (Phi) is 50.4. The molecule has 6 nitrogen and oxygen atoms in total. The van der Waals surface area contributed by atoms with Crippen molar-refractivity contribution in [2.45, 2.75) is 258 Å². The summed E-state index contributed by atoms with van der Waals surface area (Å²) in [6.07, 6.45) is 68.6. The topological polar surface area (TPSA) is 78.9 Å². The minimum Gasteiger partial charge on any atom is -0.462 e. The SMILES string of the molecule is CC\C=C/C=C\C=C/C=C\C=C/CCCC(=O)OCC(COC(=O)CCCCCCCCCCCC/C=C\C=C/CCCCC)OC(=O)CCCCCCCCCCCCCCCCC. The van der Waals surface area contributed by atoms with Crippen molar-refractivity contribution >= 4 is 17.9 Å².